The van der Waals surface area contributed by atoms with Crippen LogP contribution in [0.1, 0.15) is 0 Å². The Kier molecular flexibility index (Phi) is 9.14. The molecule has 0 atom stereocenters. The maximum absolute atomic E-state index is 6.37. The number of furan rings is 1. The molecule has 5 nitrogen and oxygen atoms in total. The lowest BCUT2D eigenvalue weighted by atomic mass is 9.96. The van der Waals surface area contributed by atoms with Gasteiger partial charge in [0.25, 0.3) is 0 Å². The molecule has 0 spiro atoms. The third-order valence-corrected chi connectivity index (χ3v) is 13.8. The highest BCUT2D eigenvalue weighted by Gasteiger charge is 2.21. The van der Waals surface area contributed by atoms with E-state index in [0.29, 0.717) is 17.5 Å². The van der Waals surface area contributed by atoms with Crippen LogP contribution in [0.25, 0.3) is 139 Å². The number of benzene rings is 11. The molecule has 70 heavy (non-hydrogen) atoms. The van der Waals surface area contributed by atoms with Gasteiger partial charge in [-0.25, -0.2) is 15.0 Å². The van der Waals surface area contributed by atoms with Crippen LogP contribution in [0.5, 0.6) is 0 Å². The fraction of sp³-hybridized carbons (Fsp3) is 0. The van der Waals surface area contributed by atoms with Crippen molar-refractivity contribution < 1.29 is 4.42 Å². The van der Waals surface area contributed by atoms with E-state index in [2.05, 4.69) is 223 Å². The maximum atomic E-state index is 6.37. The molecule has 0 radical (unpaired) electrons. The summed E-state index contributed by atoms with van der Waals surface area (Å²) in [6, 6.07) is 86.0. The lowest BCUT2D eigenvalue weighted by Crippen LogP contribution is -2.02. The first kappa shape index (κ1) is 39.7. The first-order valence-electron chi connectivity index (χ1n) is 23.7. The summed E-state index contributed by atoms with van der Waals surface area (Å²) in [5.41, 5.74) is 14.3. The van der Waals surface area contributed by atoms with E-state index in [1.165, 1.54) is 32.3 Å². The number of hydrogen-bond acceptors (Lipinski definition) is 4. The maximum Gasteiger partial charge on any atom is 0.164 e. The molecule has 0 N–H and O–H groups in total. The van der Waals surface area contributed by atoms with Crippen LogP contribution >= 0.6 is 0 Å². The van der Waals surface area contributed by atoms with Crippen molar-refractivity contribution in [2.24, 2.45) is 0 Å². The predicted octanol–water partition coefficient (Wildman–Crippen LogP) is 17.2. The van der Waals surface area contributed by atoms with Crippen molar-refractivity contribution >= 4 is 65.3 Å². The Morgan fingerprint density at radius 2 is 0.714 bits per heavy atom. The minimum atomic E-state index is 0.581. The van der Waals surface area contributed by atoms with E-state index in [0.717, 1.165) is 88.7 Å². The fourth-order valence-electron chi connectivity index (χ4n) is 10.3. The monoisotopic (exact) mass is 892 g/mol. The zero-order valence-electron chi connectivity index (χ0n) is 37.8. The second-order valence-electron chi connectivity index (χ2n) is 18.0. The zero-order chi connectivity index (χ0) is 46.1. The summed E-state index contributed by atoms with van der Waals surface area (Å²) in [5, 5.41) is 9.34. The zero-order valence-corrected chi connectivity index (χ0v) is 37.8. The van der Waals surface area contributed by atoms with Crippen LogP contribution < -0.4 is 0 Å². The Balaban J connectivity index is 1.01. The summed E-state index contributed by atoms with van der Waals surface area (Å²) in [5.74, 6) is 1.77. The number of aromatic nitrogens is 4. The second-order valence-corrected chi connectivity index (χ2v) is 18.0. The van der Waals surface area contributed by atoms with Gasteiger partial charge in [0.2, 0.25) is 0 Å². The van der Waals surface area contributed by atoms with Crippen molar-refractivity contribution in [3.63, 3.8) is 0 Å². The first-order valence-corrected chi connectivity index (χ1v) is 23.7. The molecule has 3 aromatic heterocycles. The summed E-state index contributed by atoms with van der Waals surface area (Å²) in [4.78, 5) is 15.9. The second kappa shape index (κ2) is 16.1. The quantitative estimate of drug-likeness (QED) is 0.160. The molecule has 0 aliphatic rings. The predicted molar refractivity (Wildman–Crippen MR) is 289 cm³/mol. The molecular formula is C65H40N4O. The Hall–Kier alpha value is -9.45. The molecule has 5 heteroatoms. The van der Waals surface area contributed by atoms with Gasteiger partial charge in [0.15, 0.2) is 17.5 Å². The molecule has 3 heterocycles. The Morgan fingerprint density at radius 3 is 1.29 bits per heavy atom. The topological polar surface area (TPSA) is 56.7 Å². The standard InChI is InChI=1S/C65H40N4O/c1-3-13-41(14-4-1)43-23-27-45(28-24-43)63-66-64(46-29-25-44(26-30-46)42-15-5-2-6-16-42)68-65(67-63)54-33-32-52(40-55(54)51-31-34-62-58(37-51)53-21-11-12-22-61(53)70-62)69-59-38-49-19-9-7-17-47(49)35-56(59)57-36-48-18-8-10-20-50(48)39-60(57)69/h1-40H. The normalized spacial score (nSPS) is 11.7. The van der Waals surface area contributed by atoms with Crippen LogP contribution in [0.4, 0.5) is 0 Å². The highest BCUT2D eigenvalue weighted by atomic mass is 16.3. The number of hydrogen-bond donors (Lipinski definition) is 0. The van der Waals surface area contributed by atoms with E-state index < -0.39 is 0 Å². The highest BCUT2D eigenvalue weighted by Crippen LogP contribution is 2.42. The molecule has 0 unspecified atom stereocenters. The third-order valence-electron chi connectivity index (χ3n) is 13.8. The van der Waals surface area contributed by atoms with Crippen molar-refractivity contribution in [1.82, 2.24) is 19.5 Å². The smallest absolute Gasteiger partial charge is 0.164 e. The van der Waals surface area contributed by atoms with Crippen LogP contribution in [0.2, 0.25) is 0 Å². The highest BCUT2D eigenvalue weighted by molar-refractivity contribution is 6.17. The van der Waals surface area contributed by atoms with Gasteiger partial charge in [-0.1, -0.05) is 182 Å². The van der Waals surface area contributed by atoms with Crippen LogP contribution in [0, 0.1) is 0 Å². The van der Waals surface area contributed by atoms with Crippen molar-refractivity contribution in [2.75, 3.05) is 0 Å². The third kappa shape index (κ3) is 6.75. The van der Waals surface area contributed by atoms with E-state index in [-0.39, 0.29) is 0 Å². The molecule has 14 rings (SSSR count). The number of rotatable bonds is 7. The summed E-state index contributed by atoms with van der Waals surface area (Å²) in [7, 11) is 0. The first-order chi connectivity index (χ1) is 34.6. The molecular weight excluding hydrogens is 853 g/mol. The van der Waals surface area contributed by atoms with E-state index in [4.69, 9.17) is 19.4 Å². The van der Waals surface area contributed by atoms with Crippen LogP contribution in [-0.2, 0) is 0 Å². The molecule has 0 fully saturated rings. The molecule has 11 aromatic carbocycles. The van der Waals surface area contributed by atoms with Gasteiger partial charge < -0.3 is 8.98 Å². The number of para-hydroxylation sites is 1. The van der Waals surface area contributed by atoms with Gasteiger partial charge in [0.05, 0.1) is 11.0 Å². The molecule has 14 aromatic rings. The van der Waals surface area contributed by atoms with Crippen molar-refractivity contribution in [2.45, 2.75) is 0 Å². The van der Waals surface area contributed by atoms with Gasteiger partial charge in [-0.3, -0.25) is 0 Å². The van der Waals surface area contributed by atoms with Crippen LogP contribution in [0.3, 0.4) is 0 Å². The Morgan fingerprint density at radius 1 is 0.271 bits per heavy atom. The Labute approximate surface area is 403 Å². The van der Waals surface area contributed by atoms with Crippen molar-refractivity contribution in [3.8, 4) is 73.2 Å². The van der Waals surface area contributed by atoms with E-state index in [1.54, 1.807) is 0 Å². The van der Waals surface area contributed by atoms with Crippen LogP contribution in [-0.4, -0.2) is 19.5 Å². The Bertz CT molecular complexity index is 4130. The van der Waals surface area contributed by atoms with Gasteiger partial charge >= 0.3 is 0 Å². The summed E-state index contributed by atoms with van der Waals surface area (Å²) in [6.07, 6.45) is 0. The average molecular weight is 893 g/mol. The summed E-state index contributed by atoms with van der Waals surface area (Å²) in [6.45, 7) is 0. The van der Waals surface area contributed by atoms with E-state index in [1.807, 2.05) is 24.3 Å². The van der Waals surface area contributed by atoms with E-state index in [9.17, 15) is 0 Å². The molecule has 0 amide bonds. The molecule has 0 saturated carbocycles. The number of fused-ring (bicyclic) bond motifs is 8. The number of nitrogens with zero attached hydrogens (tertiary/aromatic N) is 4. The fourth-order valence-corrected chi connectivity index (χ4v) is 10.3. The van der Waals surface area contributed by atoms with Gasteiger partial charge in [-0.2, -0.15) is 0 Å². The minimum Gasteiger partial charge on any atom is -0.456 e. The molecule has 0 bridgehead atoms. The van der Waals surface area contributed by atoms with Crippen molar-refractivity contribution in [1.29, 1.82) is 0 Å². The van der Waals surface area contributed by atoms with Gasteiger partial charge in [-0.15, -0.1) is 0 Å². The van der Waals surface area contributed by atoms with E-state index >= 15 is 0 Å². The van der Waals surface area contributed by atoms with Gasteiger partial charge in [0.1, 0.15) is 11.2 Å². The molecule has 0 aliphatic heterocycles. The van der Waals surface area contributed by atoms with Crippen LogP contribution in [0.15, 0.2) is 247 Å². The molecule has 0 saturated heterocycles. The molecule has 326 valence electrons. The van der Waals surface area contributed by atoms with Gasteiger partial charge in [0, 0.05) is 43.9 Å². The summed E-state index contributed by atoms with van der Waals surface area (Å²) < 4.78 is 8.80. The largest absolute Gasteiger partial charge is 0.456 e. The lowest BCUT2D eigenvalue weighted by molar-refractivity contribution is 0.669. The SMILES string of the molecule is c1ccc(-c2ccc(-c3nc(-c4ccc(-c5ccccc5)cc4)nc(-c4ccc(-n5c6cc7ccccc7cc6c6cc7ccccc7cc65)cc4-c4ccc5oc6ccccc6c5c4)n3)cc2)cc1. The molecule has 0 aliphatic carbocycles. The average Bonchev–Trinajstić information content (AvgIpc) is 3.96. The summed E-state index contributed by atoms with van der Waals surface area (Å²) >= 11 is 0. The van der Waals surface area contributed by atoms with Gasteiger partial charge in [-0.05, 0) is 116 Å². The lowest BCUT2D eigenvalue weighted by Gasteiger charge is -2.16. The van der Waals surface area contributed by atoms with Crippen molar-refractivity contribution in [3.05, 3.63) is 243 Å². The minimum absolute atomic E-state index is 0.581.